The predicted octanol–water partition coefficient (Wildman–Crippen LogP) is 0.643. The second-order valence-corrected chi connectivity index (χ2v) is 4.81. The van der Waals surface area contributed by atoms with Crippen LogP contribution in [0.1, 0.15) is 23.0 Å². The molecular formula is C13H20N4O3. The van der Waals surface area contributed by atoms with Crippen LogP contribution in [0.15, 0.2) is 6.20 Å². The quantitative estimate of drug-likeness (QED) is 0.797. The van der Waals surface area contributed by atoms with Gasteiger partial charge in [0.05, 0.1) is 6.61 Å². The molecule has 7 heteroatoms. The summed E-state index contributed by atoms with van der Waals surface area (Å²) in [6.07, 6.45) is 1.51. The number of carbonyl (C=O) groups excluding carboxylic acids is 2. The first-order chi connectivity index (χ1) is 9.52. The van der Waals surface area contributed by atoms with E-state index in [9.17, 15) is 9.59 Å². The van der Waals surface area contributed by atoms with Crippen molar-refractivity contribution in [3.63, 3.8) is 0 Å². The molecule has 1 fully saturated rings. The van der Waals surface area contributed by atoms with Gasteiger partial charge in [-0.05, 0) is 13.8 Å². The second-order valence-electron chi connectivity index (χ2n) is 4.81. The molecule has 0 atom stereocenters. The molecular weight excluding hydrogens is 260 g/mol. The van der Waals surface area contributed by atoms with Gasteiger partial charge in [0, 0.05) is 45.0 Å². The van der Waals surface area contributed by atoms with Crippen molar-refractivity contribution in [1.29, 1.82) is 0 Å². The summed E-state index contributed by atoms with van der Waals surface area (Å²) in [6.45, 7) is 6.02. The number of aryl methyl sites for hydroxylation is 2. The van der Waals surface area contributed by atoms with Gasteiger partial charge in [-0.3, -0.25) is 9.48 Å². The van der Waals surface area contributed by atoms with Crippen LogP contribution >= 0.6 is 0 Å². The van der Waals surface area contributed by atoms with Gasteiger partial charge in [0.25, 0.3) is 5.91 Å². The molecule has 0 saturated carbocycles. The van der Waals surface area contributed by atoms with Gasteiger partial charge in [0.15, 0.2) is 5.69 Å². The molecule has 1 aromatic heterocycles. The highest BCUT2D eigenvalue weighted by Gasteiger charge is 2.27. The summed E-state index contributed by atoms with van der Waals surface area (Å²) in [4.78, 5) is 27.3. The molecule has 2 heterocycles. The van der Waals surface area contributed by atoms with Crippen molar-refractivity contribution < 1.29 is 14.3 Å². The molecule has 0 aromatic carbocycles. The summed E-state index contributed by atoms with van der Waals surface area (Å²) in [7, 11) is 1.79. The molecule has 1 aliphatic heterocycles. The SMILES string of the molecule is CCOC(=O)N1CCN(C(=O)c2nn(C)cc2C)CC1. The van der Waals surface area contributed by atoms with Gasteiger partial charge in [0.1, 0.15) is 0 Å². The Kier molecular flexibility index (Phi) is 4.26. The summed E-state index contributed by atoms with van der Waals surface area (Å²) < 4.78 is 6.59. The zero-order valence-corrected chi connectivity index (χ0v) is 12.1. The van der Waals surface area contributed by atoms with Gasteiger partial charge in [-0.2, -0.15) is 5.10 Å². The van der Waals surface area contributed by atoms with Gasteiger partial charge in [-0.1, -0.05) is 0 Å². The topological polar surface area (TPSA) is 67.7 Å². The van der Waals surface area contributed by atoms with E-state index in [1.54, 1.807) is 28.5 Å². The molecule has 110 valence electrons. The van der Waals surface area contributed by atoms with E-state index in [2.05, 4.69) is 5.10 Å². The lowest BCUT2D eigenvalue weighted by Gasteiger charge is -2.33. The largest absolute Gasteiger partial charge is 0.450 e. The zero-order valence-electron chi connectivity index (χ0n) is 12.1. The highest BCUT2D eigenvalue weighted by Crippen LogP contribution is 2.11. The van der Waals surface area contributed by atoms with Gasteiger partial charge in [0.2, 0.25) is 0 Å². The molecule has 0 unspecified atom stereocenters. The monoisotopic (exact) mass is 280 g/mol. The Morgan fingerprint density at radius 1 is 1.25 bits per heavy atom. The van der Waals surface area contributed by atoms with E-state index >= 15 is 0 Å². The summed E-state index contributed by atoms with van der Waals surface area (Å²) in [5.74, 6) is -0.0772. The molecule has 20 heavy (non-hydrogen) atoms. The fourth-order valence-corrected chi connectivity index (χ4v) is 2.27. The summed E-state index contributed by atoms with van der Waals surface area (Å²) in [5, 5.41) is 4.19. The van der Waals surface area contributed by atoms with Crippen LogP contribution in [-0.2, 0) is 11.8 Å². The Bertz CT molecular complexity index is 504. The maximum absolute atomic E-state index is 12.4. The van der Waals surface area contributed by atoms with Crippen LogP contribution < -0.4 is 0 Å². The lowest BCUT2D eigenvalue weighted by Crippen LogP contribution is -2.50. The molecule has 0 aliphatic carbocycles. The Labute approximate surface area is 118 Å². The number of hydrogen-bond acceptors (Lipinski definition) is 4. The van der Waals surface area contributed by atoms with E-state index < -0.39 is 0 Å². The number of aromatic nitrogens is 2. The third-order valence-electron chi connectivity index (χ3n) is 3.31. The van der Waals surface area contributed by atoms with E-state index in [1.807, 2.05) is 13.1 Å². The second kappa shape index (κ2) is 5.94. The number of carbonyl (C=O) groups is 2. The van der Waals surface area contributed by atoms with Crippen molar-refractivity contribution in [3.8, 4) is 0 Å². The predicted molar refractivity (Wildman–Crippen MR) is 72.4 cm³/mol. The molecule has 2 rings (SSSR count). The van der Waals surface area contributed by atoms with Crippen molar-refractivity contribution in [2.45, 2.75) is 13.8 Å². The summed E-state index contributed by atoms with van der Waals surface area (Å²) in [5.41, 5.74) is 1.35. The maximum atomic E-state index is 12.4. The fraction of sp³-hybridized carbons (Fsp3) is 0.615. The molecule has 2 amide bonds. The van der Waals surface area contributed by atoms with Gasteiger partial charge in [-0.25, -0.2) is 4.79 Å². The maximum Gasteiger partial charge on any atom is 0.409 e. The van der Waals surface area contributed by atoms with Crippen molar-refractivity contribution in [2.75, 3.05) is 32.8 Å². The Morgan fingerprint density at radius 2 is 1.85 bits per heavy atom. The minimum atomic E-state index is -0.311. The number of hydrogen-bond donors (Lipinski definition) is 0. The van der Waals surface area contributed by atoms with Gasteiger partial charge < -0.3 is 14.5 Å². The van der Waals surface area contributed by atoms with Gasteiger partial charge in [-0.15, -0.1) is 0 Å². The number of nitrogens with zero attached hydrogens (tertiary/aromatic N) is 4. The first-order valence-corrected chi connectivity index (χ1v) is 6.74. The number of piperazine rings is 1. The number of ether oxygens (including phenoxy) is 1. The molecule has 0 radical (unpaired) electrons. The van der Waals surface area contributed by atoms with Crippen molar-refractivity contribution >= 4 is 12.0 Å². The highest BCUT2D eigenvalue weighted by molar-refractivity contribution is 5.93. The van der Waals surface area contributed by atoms with Gasteiger partial charge >= 0.3 is 6.09 Å². The lowest BCUT2D eigenvalue weighted by molar-refractivity contribution is 0.0565. The number of amides is 2. The van der Waals surface area contributed by atoms with Crippen LogP contribution in [0.25, 0.3) is 0 Å². The van der Waals surface area contributed by atoms with E-state index in [0.29, 0.717) is 38.5 Å². The number of rotatable bonds is 2. The molecule has 0 bridgehead atoms. The Balaban J connectivity index is 1.95. The summed E-state index contributed by atoms with van der Waals surface area (Å²) in [6, 6.07) is 0. The first kappa shape index (κ1) is 14.4. The average molecular weight is 280 g/mol. The lowest BCUT2D eigenvalue weighted by atomic mass is 10.2. The minimum absolute atomic E-state index is 0.0772. The third-order valence-corrected chi connectivity index (χ3v) is 3.31. The normalized spacial score (nSPS) is 15.3. The molecule has 0 N–H and O–H groups in total. The Hall–Kier alpha value is -2.05. The van der Waals surface area contributed by atoms with Crippen LogP contribution in [0.3, 0.4) is 0 Å². The van der Waals surface area contributed by atoms with Crippen LogP contribution in [0.4, 0.5) is 4.79 Å². The highest BCUT2D eigenvalue weighted by atomic mass is 16.6. The smallest absolute Gasteiger partial charge is 0.409 e. The standard InChI is InChI=1S/C13H20N4O3/c1-4-20-13(19)17-7-5-16(6-8-17)12(18)11-10(2)9-15(3)14-11/h9H,4-8H2,1-3H3. The Morgan fingerprint density at radius 3 is 2.35 bits per heavy atom. The van der Waals surface area contributed by atoms with E-state index in [1.165, 1.54) is 0 Å². The molecule has 1 saturated heterocycles. The minimum Gasteiger partial charge on any atom is -0.450 e. The molecule has 1 aliphatic rings. The zero-order chi connectivity index (χ0) is 14.7. The third kappa shape index (κ3) is 2.92. The van der Waals surface area contributed by atoms with E-state index in [0.717, 1.165) is 5.56 Å². The van der Waals surface area contributed by atoms with Crippen LogP contribution in [0.5, 0.6) is 0 Å². The fourth-order valence-electron chi connectivity index (χ4n) is 2.27. The van der Waals surface area contributed by atoms with Crippen molar-refractivity contribution in [3.05, 3.63) is 17.5 Å². The average Bonchev–Trinajstić information content (AvgIpc) is 2.77. The molecule has 0 spiro atoms. The molecule has 7 nitrogen and oxygen atoms in total. The van der Waals surface area contributed by atoms with Crippen molar-refractivity contribution in [2.24, 2.45) is 7.05 Å². The molecule has 1 aromatic rings. The first-order valence-electron chi connectivity index (χ1n) is 6.74. The van der Waals surface area contributed by atoms with Crippen LogP contribution in [0.2, 0.25) is 0 Å². The van der Waals surface area contributed by atoms with E-state index in [-0.39, 0.29) is 12.0 Å². The van der Waals surface area contributed by atoms with Crippen LogP contribution in [0, 0.1) is 6.92 Å². The summed E-state index contributed by atoms with van der Waals surface area (Å²) >= 11 is 0. The van der Waals surface area contributed by atoms with E-state index in [4.69, 9.17) is 4.74 Å². The van der Waals surface area contributed by atoms with Crippen molar-refractivity contribution in [1.82, 2.24) is 19.6 Å². The van der Waals surface area contributed by atoms with Crippen LogP contribution in [-0.4, -0.2) is 64.4 Å².